The molecule has 1 aliphatic carbocycles. The molecule has 1 saturated carbocycles. The Kier molecular flexibility index (Phi) is 5.83. The molecule has 4 heteroatoms. The van der Waals surface area contributed by atoms with E-state index in [0.717, 1.165) is 44.6 Å². The van der Waals surface area contributed by atoms with Crippen molar-refractivity contribution in [3.63, 3.8) is 0 Å². The topological polar surface area (TPSA) is 36.4 Å². The third-order valence-electron chi connectivity index (χ3n) is 5.75. The van der Waals surface area contributed by atoms with Crippen LogP contribution >= 0.6 is 0 Å². The number of hydrogen-bond donors (Lipinski definition) is 0. The number of likely N-dealkylation sites (tertiary alicyclic amines) is 1. The first-order chi connectivity index (χ1) is 13.3. The van der Waals surface area contributed by atoms with E-state index in [1.807, 2.05) is 23.2 Å². The van der Waals surface area contributed by atoms with Crippen LogP contribution in [0.4, 0.5) is 5.69 Å². The minimum atomic E-state index is 0.239. The van der Waals surface area contributed by atoms with Crippen molar-refractivity contribution in [2.45, 2.75) is 32.1 Å². The van der Waals surface area contributed by atoms with Gasteiger partial charge in [-0.1, -0.05) is 30.3 Å². The third-order valence-corrected chi connectivity index (χ3v) is 5.75. The molecule has 1 aliphatic heterocycles. The van der Waals surface area contributed by atoms with Crippen LogP contribution in [0.5, 0.6) is 0 Å². The molecular formula is C23H29N3O. The first-order valence-corrected chi connectivity index (χ1v) is 10.3. The Hall–Kier alpha value is -2.20. The lowest BCUT2D eigenvalue weighted by molar-refractivity contribution is -0.120. The van der Waals surface area contributed by atoms with Gasteiger partial charge in [-0.25, -0.2) is 0 Å². The highest BCUT2D eigenvalue weighted by Gasteiger charge is 2.35. The number of rotatable bonds is 7. The fraction of sp³-hybridized carbons (Fsp3) is 0.478. The molecule has 2 fully saturated rings. The average Bonchev–Trinajstić information content (AvgIpc) is 3.57. The van der Waals surface area contributed by atoms with Crippen molar-refractivity contribution < 1.29 is 4.79 Å². The zero-order valence-corrected chi connectivity index (χ0v) is 16.0. The first-order valence-electron chi connectivity index (χ1n) is 10.3. The van der Waals surface area contributed by atoms with E-state index in [1.165, 1.54) is 24.9 Å². The Balaban J connectivity index is 1.37. The molecule has 2 aliphatic rings. The van der Waals surface area contributed by atoms with Crippen molar-refractivity contribution in [1.82, 2.24) is 9.88 Å². The van der Waals surface area contributed by atoms with Crippen LogP contribution in [0.3, 0.4) is 0 Å². The second kappa shape index (κ2) is 8.66. The van der Waals surface area contributed by atoms with Crippen LogP contribution in [0, 0.1) is 11.8 Å². The molecule has 1 amide bonds. The number of carbonyl (C=O) groups excluding carboxylic acids is 1. The lowest BCUT2D eigenvalue weighted by Gasteiger charge is -2.35. The minimum Gasteiger partial charge on any atom is -0.310 e. The van der Waals surface area contributed by atoms with Crippen LogP contribution in [0.1, 0.15) is 31.2 Å². The van der Waals surface area contributed by atoms with Gasteiger partial charge < -0.3 is 9.80 Å². The van der Waals surface area contributed by atoms with E-state index in [1.54, 1.807) is 6.20 Å². The van der Waals surface area contributed by atoms with Gasteiger partial charge in [0, 0.05) is 31.7 Å². The van der Waals surface area contributed by atoms with Crippen molar-refractivity contribution >= 4 is 11.6 Å². The standard InChI is InChI=1S/C23H29N3O/c27-23(21-10-11-21)26(22-9-4-13-24-16-22)18-20-8-5-14-25(17-20)15-12-19-6-2-1-3-7-19/h1-4,6-7,9,13,16,20-21H,5,8,10-12,14-15,17-18H2/t20-/m1/s1. The number of benzene rings is 1. The zero-order chi connectivity index (χ0) is 18.5. The Bertz CT molecular complexity index is 730. The summed E-state index contributed by atoms with van der Waals surface area (Å²) < 4.78 is 0. The molecule has 1 aromatic carbocycles. The van der Waals surface area contributed by atoms with Gasteiger partial charge in [0.2, 0.25) is 5.91 Å². The largest absolute Gasteiger partial charge is 0.310 e. The molecular weight excluding hydrogens is 334 g/mol. The number of anilines is 1. The van der Waals surface area contributed by atoms with Gasteiger partial charge in [0.25, 0.3) is 0 Å². The molecule has 0 spiro atoms. The van der Waals surface area contributed by atoms with Crippen LogP contribution < -0.4 is 4.90 Å². The van der Waals surface area contributed by atoms with Crippen LogP contribution in [-0.4, -0.2) is 42.0 Å². The highest BCUT2D eigenvalue weighted by atomic mass is 16.2. The molecule has 0 radical (unpaired) electrons. The number of aromatic nitrogens is 1. The van der Waals surface area contributed by atoms with Crippen LogP contribution in [0.15, 0.2) is 54.9 Å². The predicted molar refractivity (Wildman–Crippen MR) is 109 cm³/mol. The van der Waals surface area contributed by atoms with E-state index < -0.39 is 0 Å². The molecule has 2 heterocycles. The fourth-order valence-electron chi connectivity index (χ4n) is 4.08. The maximum absolute atomic E-state index is 12.9. The Morgan fingerprint density at radius 3 is 2.70 bits per heavy atom. The Labute approximate surface area is 162 Å². The smallest absolute Gasteiger partial charge is 0.230 e. The van der Waals surface area contributed by atoms with E-state index >= 15 is 0 Å². The Morgan fingerprint density at radius 1 is 1.11 bits per heavy atom. The molecule has 0 bridgehead atoms. The normalized spacial score (nSPS) is 20.4. The number of hydrogen-bond acceptors (Lipinski definition) is 3. The molecule has 4 nitrogen and oxygen atoms in total. The summed E-state index contributed by atoms with van der Waals surface area (Å²) in [6.07, 6.45) is 9.22. The first kappa shape index (κ1) is 18.2. The molecule has 27 heavy (non-hydrogen) atoms. The van der Waals surface area contributed by atoms with Gasteiger partial charge in [0.05, 0.1) is 11.9 Å². The molecule has 0 N–H and O–H groups in total. The SMILES string of the molecule is O=C(C1CC1)N(C[C@@H]1CCCN(CCc2ccccc2)C1)c1cccnc1. The van der Waals surface area contributed by atoms with Gasteiger partial charge in [-0.2, -0.15) is 0 Å². The van der Waals surface area contributed by atoms with Gasteiger partial charge in [0.15, 0.2) is 0 Å². The second-order valence-corrected chi connectivity index (χ2v) is 7.98. The zero-order valence-electron chi connectivity index (χ0n) is 16.0. The summed E-state index contributed by atoms with van der Waals surface area (Å²) >= 11 is 0. The molecule has 2 aromatic rings. The summed E-state index contributed by atoms with van der Waals surface area (Å²) in [5, 5.41) is 0. The molecule has 4 rings (SSSR count). The summed E-state index contributed by atoms with van der Waals surface area (Å²) in [6, 6.07) is 14.7. The number of pyridine rings is 1. The molecule has 1 atom stereocenters. The van der Waals surface area contributed by atoms with Gasteiger partial charge in [-0.15, -0.1) is 0 Å². The maximum Gasteiger partial charge on any atom is 0.230 e. The minimum absolute atomic E-state index is 0.239. The van der Waals surface area contributed by atoms with Crippen molar-refractivity contribution in [1.29, 1.82) is 0 Å². The highest BCUT2D eigenvalue weighted by Crippen LogP contribution is 2.33. The maximum atomic E-state index is 12.9. The summed E-state index contributed by atoms with van der Waals surface area (Å²) in [7, 11) is 0. The van der Waals surface area contributed by atoms with Gasteiger partial charge >= 0.3 is 0 Å². The molecule has 142 valence electrons. The van der Waals surface area contributed by atoms with Crippen LogP contribution in [0.25, 0.3) is 0 Å². The lowest BCUT2D eigenvalue weighted by Crippen LogP contribution is -2.44. The van der Waals surface area contributed by atoms with E-state index in [9.17, 15) is 4.79 Å². The number of amides is 1. The van der Waals surface area contributed by atoms with E-state index in [0.29, 0.717) is 11.8 Å². The average molecular weight is 364 g/mol. The summed E-state index contributed by atoms with van der Waals surface area (Å²) in [6.45, 7) is 4.18. The van der Waals surface area contributed by atoms with Gasteiger partial charge in [-0.05, 0) is 62.3 Å². The predicted octanol–water partition coefficient (Wildman–Crippen LogP) is 3.78. The third kappa shape index (κ3) is 4.95. The second-order valence-electron chi connectivity index (χ2n) is 7.98. The molecule has 1 saturated heterocycles. The van der Waals surface area contributed by atoms with Crippen molar-refractivity contribution in [3.05, 3.63) is 60.4 Å². The van der Waals surface area contributed by atoms with Crippen molar-refractivity contribution in [2.75, 3.05) is 31.1 Å². The quantitative estimate of drug-likeness (QED) is 0.751. The van der Waals surface area contributed by atoms with E-state index in [2.05, 4.69) is 40.2 Å². The highest BCUT2D eigenvalue weighted by molar-refractivity contribution is 5.96. The number of carbonyl (C=O) groups is 1. The lowest BCUT2D eigenvalue weighted by atomic mass is 9.96. The summed E-state index contributed by atoms with van der Waals surface area (Å²) in [5.41, 5.74) is 2.36. The van der Waals surface area contributed by atoms with Crippen LogP contribution in [-0.2, 0) is 11.2 Å². The van der Waals surface area contributed by atoms with E-state index in [4.69, 9.17) is 0 Å². The van der Waals surface area contributed by atoms with Crippen LogP contribution in [0.2, 0.25) is 0 Å². The van der Waals surface area contributed by atoms with Gasteiger partial charge in [0.1, 0.15) is 0 Å². The van der Waals surface area contributed by atoms with Crippen molar-refractivity contribution in [2.24, 2.45) is 11.8 Å². The van der Waals surface area contributed by atoms with Gasteiger partial charge in [-0.3, -0.25) is 9.78 Å². The fourth-order valence-corrected chi connectivity index (χ4v) is 4.08. The number of piperidine rings is 1. The number of nitrogens with zero attached hydrogens (tertiary/aromatic N) is 3. The molecule has 0 unspecified atom stereocenters. The summed E-state index contributed by atoms with van der Waals surface area (Å²) in [5.74, 6) is 1.07. The molecule has 1 aromatic heterocycles. The monoisotopic (exact) mass is 363 g/mol. The van der Waals surface area contributed by atoms with E-state index in [-0.39, 0.29) is 5.92 Å². The summed E-state index contributed by atoms with van der Waals surface area (Å²) in [4.78, 5) is 21.7. The Morgan fingerprint density at radius 2 is 1.96 bits per heavy atom. The van der Waals surface area contributed by atoms with Crippen molar-refractivity contribution in [3.8, 4) is 0 Å².